The third kappa shape index (κ3) is 2.46. The molecule has 0 amide bonds. The van der Waals surface area contributed by atoms with Crippen LogP contribution in [0.5, 0.6) is 5.75 Å². The van der Waals surface area contributed by atoms with E-state index in [0.29, 0.717) is 0 Å². The standard InChI is InChI=1S/C11H16FNO2/c1-6(2)10(14)9(13)7-4-3-5-8(12)11(7)15/h3-6,9-10,14-15H,13H2,1-2H3/t9-,10+/m0/s1. The van der Waals surface area contributed by atoms with Crippen molar-refractivity contribution < 1.29 is 14.6 Å². The quantitative estimate of drug-likeness (QED) is 0.713. The average Bonchev–Trinajstić information content (AvgIpc) is 2.20. The fourth-order valence-corrected chi connectivity index (χ4v) is 1.40. The van der Waals surface area contributed by atoms with Gasteiger partial charge in [-0.05, 0) is 12.0 Å². The number of para-hydroxylation sites is 1. The van der Waals surface area contributed by atoms with Crippen LogP contribution in [0.4, 0.5) is 4.39 Å². The molecule has 4 N–H and O–H groups in total. The molecule has 0 spiro atoms. The molecule has 1 aromatic rings. The van der Waals surface area contributed by atoms with Gasteiger partial charge in [0.2, 0.25) is 0 Å². The van der Waals surface area contributed by atoms with Crippen LogP contribution >= 0.6 is 0 Å². The molecule has 84 valence electrons. The van der Waals surface area contributed by atoms with E-state index in [-0.39, 0.29) is 11.5 Å². The summed E-state index contributed by atoms with van der Waals surface area (Å²) in [6, 6.07) is 3.33. The van der Waals surface area contributed by atoms with Gasteiger partial charge in [-0.15, -0.1) is 0 Å². The summed E-state index contributed by atoms with van der Waals surface area (Å²) in [5, 5.41) is 19.1. The summed E-state index contributed by atoms with van der Waals surface area (Å²) in [5.41, 5.74) is 5.97. The molecular formula is C11H16FNO2. The van der Waals surface area contributed by atoms with Gasteiger partial charge in [-0.3, -0.25) is 0 Å². The van der Waals surface area contributed by atoms with Crippen molar-refractivity contribution in [1.82, 2.24) is 0 Å². The van der Waals surface area contributed by atoms with Gasteiger partial charge >= 0.3 is 0 Å². The maximum absolute atomic E-state index is 13.0. The first-order valence-corrected chi connectivity index (χ1v) is 4.86. The number of aromatic hydroxyl groups is 1. The Balaban J connectivity index is 3.01. The van der Waals surface area contributed by atoms with Crippen molar-refractivity contribution in [1.29, 1.82) is 0 Å². The van der Waals surface area contributed by atoms with E-state index < -0.39 is 23.7 Å². The summed E-state index contributed by atoms with van der Waals surface area (Å²) in [5.74, 6) is -1.26. The summed E-state index contributed by atoms with van der Waals surface area (Å²) < 4.78 is 13.0. The Labute approximate surface area is 88.4 Å². The van der Waals surface area contributed by atoms with E-state index in [1.807, 2.05) is 0 Å². The van der Waals surface area contributed by atoms with Crippen LogP contribution in [0.25, 0.3) is 0 Å². The maximum Gasteiger partial charge on any atom is 0.165 e. The molecule has 0 unspecified atom stereocenters. The van der Waals surface area contributed by atoms with Crippen molar-refractivity contribution in [3.05, 3.63) is 29.6 Å². The molecule has 0 fully saturated rings. The number of hydrogen-bond acceptors (Lipinski definition) is 3. The van der Waals surface area contributed by atoms with Gasteiger partial charge in [-0.1, -0.05) is 26.0 Å². The summed E-state index contributed by atoms with van der Waals surface area (Å²) >= 11 is 0. The molecule has 3 nitrogen and oxygen atoms in total. The lowest BCUT2D eigenvalue weighted by Gasteiger charge is -2.23. The van der Waals surface area contributed by atoms with Crippen LogP contribution in [0, 0.1) is 11.7 Å². The number of aliphatic hydroxyl groups is 1. The zero-order valence-corrected chi connectivity index (χ0v) is 8.81. The fourth-order valence-electron chi connectivity index (χ4n) is 1.40. The Kier molecular flexibility index (Phi) is 3.66. The molecule has 4 heteroatoms. The van der Waals surface area contributed by atoms with E-state index in [0.717, 1.165) is 6.07 Å². The average molecular weight is 213 g/mol. The Morgan fingerprint density at radius 3 is 2.47 bits per heavy atom. The smallest absolute Gasteiger partial charge is 0.165 e. The molecule has 0 aromatic heterocycles. The molecule has 0 aliphatic heterocycles. The molecule has 0 bridgehead atoms. The molecule has 0 aliphatic rings. The molecule has 0 radical (unpaired) electrons. The molecule has 0 heterocycles. The summed E-state index contributed by atoms with van der Waals surface area (Å²) in [6.45, 7) is 3.61. The molecule has 0 saturated carbocycles. The minimum absolute atomic E-state index is 0.0531. The highest BCUT2D eigenvalue weighted by Crippen LogP contribution is 2.29. The highest BCUT2D eigenvalue weighted by molar-refractivity contribution is 5.36. The highest BCUT2D eigenvalue weighted by Gasteiger charge is 2.23. The second kappa shape index (κ2) is 4.59. The van der Waals surface area contributed by atoms with Gasteiger partial charge in [-0.2, -0.15) is 0 Å². The van der Waals surface area contributed by atoms with Gasteiger partial charge in [0.15, 0.2) is 11.6 Å². The van der Waals surface area contributed by atoms with Crippen molar-refractivity contribution in [2.75, 3.05) is 0 Å². The Morgan fingerprint density at radius 1 is 1.33 bits per heavy atom. The van der Waals surface area contributed by atoms with Crippen molar-refractivity contribution >= 4 is 0 Å². The Morgan fingerprint density at radius 2 is 1.93 bits per heavy atom. The summed E-state index contributed by atoms with van der Waals surface area (Å²) in [7, 11) is 0. The van der Waals surface area contributed by atoms with Gasteiger partial charge in [-0.25, -0.2) is 4.39 Å². The van der Waals surface area contributed by atoms with Crippen molar-refractivity contribution in [2.24, 2.45) is 11.7 Å². The zero-order valence-electron chi connectivity index (χ0n) is 8.81. The van der Waals surface area contributed by atoms with Gasteiger partial charge in [0, 0.05) is 5.56 Å². The minimum Gasteiger partial charge on any atom is -0.505 e. The molecule has 1 rings (SSSR count). The topological polar surface area (TPSA) is 66.5 Å². The van der Waals surface area contributed by atoms with Crippen LogP contribution in [-0.2, 0) is 0 Å². The number of benzene rings is 1. The second-order valence-corrected chi connectivity index (χ2v) is 3.94. The second-order valence-electron chi connectivity index (χ2n) is 3.94. The molecule has 0 aliphatic carbocycles. The van der Waals surface area contributed by atoms with Crippen molar-refractivity contribution in [2.45, 2.75) is 26.0 Å². The number of aliphatic hydroxyl groups excluding tert-OH is 1. The van der Waals surface area contributed by atoms with E-state index in [4.69, 9.17) is 5.73 Å². The molecule has 15 heavy (non-hydrogen) atoms. The molecule has 1 aromatic carbocycles. The lowest BCUT2D eigenvalue weighted by molar-refractivity contribution is 0.0968. The van der Waals surface area contributed by atoms with E-state index in [2.05, 4.69) is 0 Å². The largest absolute Gasteiger partial charge is 0.505 e. The first-order valence-electron chi connectivity index (χ1n) is 4.86. The molecule has 0 saturated heterocycles. The van der Waals surface area contributed by atoms with Gasteiger partial charge in [0.05, 0.1) is 12.1 Å². The van der Waals surface area contributed by atoms with Gasteiger partial charge < -0.3 is 15.9 Å². The van der Waals surface area contributed by atoms with Crippen LogP contribution in [-0.4, -0.2) is 16.3 Å². The Bertz CT molecular complexity index is 341. The van der Waals surface area contributed by atoms with Crippen molar-refractivity contribution in [3.63, 3.8) is 0 Å². The third-order valence-corrected chi connectivity index (χ3v) is 2.43. The first-order chi connectivity index (χ1) is 6.95. The predicted octanol–water partition coefficient (Wildman–Crippen LogP) is 1.55. The number of nitrogens with two attached hydrogens (primary N) is 1. The number of rotatable bonds is 3. The van der Waals surface area contributed by atoms with E-state index in [9.17, 15) is 14.6 Å². The minimum atomic E-state index is -0.808. The third-order valence-electron chi connectivity index (χ3n) is 2.43. The molecular weight excluding hydrogens is 197 g/mol. The van der Waals surface area contributed by atoms with E-state index >= 15 is 0 Å². The SMILES string of the molecule is CC(C)[C@@H](O)[C@@H](N)c1cccc(F)c1O. The van der Waals surface area contributed by atoms with Crippen LogP contribution in [0.1, 0.15) is 25.5 Å². The monoisotopic (exact) mass is 213 g/mol. The number of hydrogen-bond donors (Lipinski definition) is 3. The number of phenols is 1. The lowest BCUT2D eigenvalue weighted by atomic mass is 9.94. The Hall–Kier alpha value is -1.13. The first kappa shape index (κ1) is 11.9. The van der Waals surface area contributed by atoms with Gasteiger partial charge in [0.25, 0.3) is 0 Å². The summed E-state index contributed by atoms with van der Waals surface area (Å²) in [6.07, 6.45) is -0.808. The highest BCUT2D eigenvalue weighted by atomic mass is 19.1. The van der Waals surface area contributed by atoms with E-state index in [1.54, 1.807) is 13.8 Å². The molecule has 2 atom stereocenters. The number of halogens is 1. The van der Waals surface area contributed by atoms with Crippen molar-refractivity contribution in [3.8, 4) is 5.75 Å². The normalized spacial score (nSPS) is 15.3. The van der Waals surface area contributed by atoms with Crippen LogP contribution in [0.3, 0.4) is 0 Å². The van der Waals surface area contributed by atoms with Crippen LogP contribution < -0.4 is 5.73 Å². The van der Waals surface area contributed by atoms with Gasteiger partial charge in [0.1, 0.15) is 0 Å². The van der Waals surface area contributed by atoms with E-state index in [1.165, 1.54) is 12.1 Å². The number of phenolic OH excluding ortho intramolecular Hbond substituents is 1. The maximum atomic E-state index is 13.0. The predicted molar refractivity (Wildman–Crippen MR) is 55.8 cm³/mol. The fraction of sp³-hybridized carbons (Fsp3) is 0.455. The van der Waals surface area contributed by atoms with Crippen LogP contribution in [0.2, 0.25) is 0 Å². The van der Waals surface area contributed by atoms with Crippen LogP contribution in [0.15, 0.2) is 18.2 Å². The zero-order chi connectivity index (χ0) is 11.6. The summed E-state index contributed by atoms with van der Waals surface area (Å²) in [4.78, 5) is 0. The lowest BCUT2D eigenvalue weighted by Crippen LogP contribution is -2.30.